The summed E-state index contributed by atoms with van der Waals surface area (Å²) in [6.45, 7) is 5.58. The van der Waals surface area contributed by atoms with Crippen molar-refractivity contribution in [2.45, 2.75) is 26.7 Å². The van der Waals surface area contributed by atoms with Gasteiger partial charge in [-0.25, -0.2) is 4.79 Å². The molecule has 23 heavy (non-hydrogen) atoms. The summed E-state index contributed by atoms with van der Waals surface area (Å²) in [5.41, 5.74) is 2.48. The lowest BCUT2D eigenvalue weighted by molar-refractivity contribution is -0.146. The Hall–Kier alpha value is -2.43. The molecule has 0 N–H and O–H groups in total. The van der Waals surface area contributed by atoms with Gasteiger partial charge < -0.3 is 9.47 Å². The summed E-state index contributed by atoms with van der Waals surface area (Å²) in [5, 5.41) is 0. The minimum atomic E-state index is -0.629. The highest BCUT2D eigenvalue weighted by atomic mass is 16.5. The van der Waals surface area contributed by atoms with Crippen molar-refractivity contribution in [1.29, 1.82) is 0 Å². The highest BCUT2D eigenvalue weighted by Gasteiger charge is 2.42. The van der Waals surface area contributed by atoms with E-state index in [4.69, 9.17) is 9.47 Å². The maximum atomic E-state index is 12.5. The topological polar surface area (TPSA) is 65.0 Å². The van der Waals surface area contributed by atoms with E-state index in [2.05, 4.69) is 4.99 Å². The predicted octanol–water partition coefficient (Wildman–Crippen LogP) is 2.87. The molecule has 0 aromatic heterocycles. The van der Waals surface area contributed by atoms with Crippen LogP contribution in [0.5, 0.6) is 0 Å². The summed E-state index contributed by atoms with van der Waals surface area (Å²) < 4.78 is 10.1. The average molecular weight is 315 g/mol. The van der Waals surface area contributed by atoms with Crippen LogP contribution in [0.3, 0.4) is 0 Å². The number of nitrogens with zero attached hydrogens (tertiary/aromatic N) is 1. The third-order valence-electron chi connectivity index (χ3n) is 3.93. The summed E-state index contributed by atoms with van der Waals surface area (Å²) in [6, 6.07) is 9.43. The second-order valence-corrected chi connectivity index (χ2v) is 5.36. The first-order valence-electron chi connectivity index (χ1n) is 7.57. The second kappa shape index (κ2) is 7.22. The zero-order valence-electron chi connectivity index (χ0n) is 13.8. The molecule has 122 valence electrons. The monoisotopic (exact) mass is 315 g/mol. The number of hydrogen-bond donors (Lipinski definition) is 0. The predicted molar refractivity (Wildman–Crippen MR) is 87.1 cm³/mol. The molecular formula is C18H21NO4. The Labute approximate surface area is 136 Å². The molecular weight excluding hydrogens is 294 g/mol. The summed E-state index contributed by atoms with van der Waals surface area (Å²) in [7, 11) is 1.33. The van der Waals surface area contributed by atoms with Gasteiger partial charge in [-0.3, -0.25) is 9.79 Å². The van der Waals surface area contributed by atoms with E-state index in [0.29, 0.717) is 17.0 Å². The molecule has 0 saturated heterocycles. The number of benzene rings is 1. The van der Waals surface area contributed by atoms with E-state index in [-0.39, 0.29) is 12.6 Å². The van der Waals surface area contributed by atoms with Crippen molar-refractivity contribution in [2.24, 2.45) is 10.9 Å². The number of rotatable bonds is 4. The van der Waals surface area contributed by atoms with Crippen molar-refractivity contribution >= 4 is 17.7 Å². The van der Waals surface area contributed by atoms with E-state index in [0.717, 1.165) is 5.56 Å². The van der Waals surface area contributed by atoms with Crippen molar-refractivity contribution < 1.29 is 19.1 Å². The summed E-state index contributed by atoms with van der Waals surface area (Å²) >= 11 is 0. The Bertz CT molecular complexity index is 661. The van der Waals surface area contributed by atoms with Gasteiger partial charge in [0.15, 0.2) is 0 Å². The Kier molecular flexibility index (Phi) is 5.32. The van der Waals surface area contributed by atoms with Gasteiger partial charge in [-0.2, -0.15) is 0 Å². The van der Waals surface area contributed by atoms with Gasteiger partial charge >= 0.3 is 11.9 Å². The van der Waals surface area contributed by atoms with Crippen molar-refractivity contribution in [2.75, 3.05) is 13.7 Å². The second-order valence-electron chi connectivity index (χ2n) is 5.36. The molecule has 2 atom stereocenters. The van der Waals surface area contributed by atoms with Crippen molar-refractivity contribution in [1.82, 2.24) is 0 Å². The molecule has 1 aliphatic rings. The summed E-state index contributed by atoms with van der Waals surface area (Å²) in [6.07, 6.45) is 0. The molecule has 0 aliphatic carbocycles. The minimum absolute atomic E-state index is 0.278. The van der Waals surface area contributed by atoms with Crippen LogP contribution in [0.25, 0.3) is 0 Å². The van der Waals surface area contributed by atoms with Gasteiger partial charge in [0.1, 0.15) is 5.92 Å². The van der Waals surface area contributed by atoms with Crippen LogP contribution in [-0.2, 0) is 19.1 Å². The van der Waals surface area contributed by atoms with E-state index < -0.39 is 17.8 Å². The van der Waals surface area contributed by atoms with Crippen molar-refractivity contribution in [3.05, 3.63) is 47.2 Å². The number of aliphatic imine (C=N–C) groups is 1. The molecule has 0 amide bonds. The maximum absolute atomic E-state index is 12.5. The molecule has 1 aromatic rings. The number of methoxy groups -OCH3 is 1. The van der Waals surface area contributed by atoms with Crippen LogP contribution in [0, 0.1) is 5.92 Å². The normalized spacial score (nSPS) is 20.8. The van der Waals surface area contributed by atoms with Gasteiger partial charge in [0, 0.05) is 17.3 Å². The fourth-order valence-corrected chi connectivity index (χ4v) is 2.97. The number of carbonyl (C=O) groups is 2. The fraction of sp³-hybridized carbons (Fsp3) is 0.389. The lowest BCUT2D eigenvalue weighted by atomic mass is 9.75. The van der Waals surface area contributed by atoms with E-state index in [1.165, 1.54) is 7.11 Å². The third kappa shape index (κ3) is 3.33. The van der Waals surface area contributed by atoms with Gasteiger partial charge in [0.2, 0.25) is 0 Å². The Morgan fingerprint density at radius 2 is 1.83 bits per heavy atom. The molecule has 2 rings (SSSR count). The number of hydrogen-bond acceptors (Lipinski definition) is 5. The smallest absolute Gasteiger partial charge is 0.336 e. The zero-order chi connectivity index (χ0) is 17.0. The quantitative estimate of drug-likeness (QED) is 0.801. The fourth-order valence-electron chi connectivity index (χ4n) is 2.97. The van der Waals surface area contributed by atoms with Crippen molar-refractivity contribution in [3.63, 3.8) is 0 Å². The van der Waals surface area contributed by atoms with Crippen LogP contribution >= 0.6 is 0 Å². The minimum Gasteiger partial charge on any atom is -0.466 e. The van der Waals surface area contributed by atoms with Crippen molar-refractivity contribution in [3.8, 4) is 0 Å². The number of allylic oxidation sites excluding steroid dienone is 1. The number of carbonyl (C=O) groups excluding carboxylic acids is 2. The number of ether oxygens (including phenoxy) is 2. The first-order valence-corrected chi connectivity index (χ1v) is 7.57. The van der Waals surface area contributed by atoms with Gasteiger partial charge in [0.25, 0.3) is 0 Å². The molecule has 1 aromatic carbocycles. The standard InChI is InChI=1S/C18H21NO4/c1-5-23-18(21)15-12(3)19-11(2)14(17(20)22-4)16(15)13-9-7-6-8-10-13/h6-10,15-16H,5H2,1-4H3/t15?,16-/m0/s1. The third-order valence-corrected chi connectivity index (χ3v) is 3.93. The average Bonchev–Trinajstić information content (AvgIpc) is 2.54. The molecule has 1 heterocycles. The highest BCUT2D eigenvalue weighted by molar-refractivity contribution is 6.06. The van der Waals surface area contributed by atoms with Crippen LogP contribution in [0.1, 0.15) is 32.3 Å². The van der Waals surface area contributed by atoms with Gasteiger partial charge in [-0.1, -0.05) is 30.3 Å². The largest absolute Gasteiger partial charge is 0.466 e. The first kappa shape index (κ1) is 16.9. The zero-order valence-corrected chi connectivity index (χ0v) is 13.8. The molecule has 0 spiro atoms. The van der Waals surface area contributed by atoms with Crippen LogP contribution in [-0.4, -0.2) is 31.4 Å². The van der Waals surface area contributed by atoms with E-state index in [9.17, 15) is 9.59 Å². The molecule has 1 unspecified atom stereocenters. The van der Waals surface area contributed by atoms with Crippen LogP contribution in [0.2, 0.25) is 0 Å². The Morgan fingerprint density at radius 1 is 1.17 bits per heavy atom. The maximum Gasteiger partial charge on any atom is 0.336 e. The van der Waals surface area contributed by atoms with Gasteiger partial charge in [-0.05, 0) is 26.3 Å². The Morgan fingerprint density at radius 3 is 2.39 bits per heavy atom. The van der Waals surface area contributed by atoms with E-state index >= 15 is 0 Å². The molecule has 0 fully saturated rings. The lowest BCUT2D eigenvalue weighted by Crippen LogP contribution is -2.36. The van der Waals surface area contributed by atoms with Crippen LogP contribution in [0.4, 0.5) is 0 Å². The van der Waals surface area contributed by atoms with Crippen LogP contribution < -0.4 is 0 Å². The SMILES string of the molecule is CCOC(=O)C1C(C)=NC(C)=C(C(=O)OC)[C@@H]1c1ccccc1. The number of esters is 2. The van der Waals surface area contributed by atoms with Crippen LogP contribution in [0.15, 0.2) is 46.6 Å². The lowest BCUT2D eigenvalue weighted by Gasteiger charge is -2.31. The van der Waals surface area contributed by atoms with Gasteiger partial charge in [0.05, 0.1) is 19.3 Å². The highest BCUT2D eigenvalue weighted by Crippen LogP contribution is 2.39. The molecule has 5 nitrogen and oxygen atoms in total. The summed E-state index contributed by atoms with van der Waals surface area (Å²) in [5.74, 6) is -1.94. The molecule has 1 aliphatic heterocycles. The summed E-state index contributed by atoms with van der Waals surface area (Å²) in [4.78, 5) is 29.2. The Balaban J connectivity index is 2.60. The molecule has 0 radical (unpaired) electrons. The molecule has 5 heteroatoms. The van der Waals surface area contributed by atoms with E-state index in [1.807, 2.05) is 30.3 Å². The van der Waals surface area contributed by atoms with E-state index in [1.54, 1.807) is 20.8 Å². The van der Waals surface area contributed by atoms with Gasteiger partial charge in [-0.15, -0.1) is 0 Å². The molecule has 0 saturated carbocycles. The first-order chi connectivity index (χ1) is 11.0. The molecule has 0 bridgehead atoms.